The zero-order valence-electron chi connectivity index (χ0n) is 9.59. The van der Waals surface area contributed by atoms with Crippen molar-refractivity contribution in [1.82, 2.24) is 0 Å². The molecule has 1 aliphatic heterocycles. The maximum Gasteiger partial charge on any atom is 0.330 e. The molecule has 0 bridgehead atoms. The Hall–Kier alpha value is -1.36. The predicted octanol–water partition coefficient (Wildman–Crippen LogP) is 0.826. The van der Waals surface area contributed by atoms with Gasteiger partial charge in [0.15, 0.2) is 0 Å². The first kappa shape index (κ1) is 12.1. The normalized spacial score (nSPS) is 30.0. The summed E-state index contributed by atoms with van der Waals surface area (Å²) in [7, 11) is 0. The minimum Gasteiger partial charge on any atom is -0.462 e. The van der Waals surface area contributed by atoms with Gasteiger partial charge in [0, 0.05) is 6.08 Å². The molecule has 0 aromatic carbocycles. The smallest absolute Gasteiger partial charge is 0.330 e. The molecule has 0 amide bonds. The van der Waals surface area contributed by atoms with Crippen molar-refractivity contribution < 1.29 is 23.8 Å². The second kappa shape index (κ2) is 5.31. The van der Waals surface area contributed by atoms with Crippen LogP contribution in [-0.4, -0.2) is 37.4 Å². The Morgan fingerprint density at radius 1 is 1.24 bits per heavy atom. The fourth-order valence-corrected chi connectivity index (χ4v) is 2.08. The van der Waals surface area contributed by atoms with Gasteiger partial charge in [-0.1, -0.05) is 6.58 Å². The molecule has 0 N–H and O–H groups in total. The van der Waals surface area contributed by atoms with Crippen molar-refractivity contribution in [2.24, 2.45) is 5.92 Å². The number of ether oxygens (including phenoxy) is 3. The fourth-order valence-electron chi connectivity index (χ4n) is 2.08. The zero-order valence-corrected chi connectivity index (χ0v) is 9.59. The average molecular weight is 240 g/mol. The van der Waals surface area contributed by atoms with Crippen molar-refractivity contribution in [1.29, 1.82) is 0 Å². The van der Waals surface area contributed by atoms with Gasteiger partial charge in [-0.05, 0) is 19.3 Å². The number of epoxide rings is 1. The van der Waals surface area contributed by atoms with E-state index in [0.717, 1.165) is 25.3 Å². The third kappa shape index (κ3) is 3.30. The van der Waals surface area contributed by atoms with Gasteiger partial charge in [-0.15, -0.1) is 0 Å². The summed E-state index contributed by atoms with van der Waals surface area (Å²) in [5.74, 6) is -0.782. The molecule has 5 heteroatoms. The number of esters is 2. The van der Waals surface area contributed by atoms with Crippen molar-refractivity contribution in [3.8, 4) is 0 Å². The molecule has 2 rings (SSSR count). The molecule has 0 aromatic rings. The van der Waals surface area contributed by atoms with E-state index in [1.807, 2.05) is 0 Å². The predicted molar refractivity (Wildman–Crippen MR) is 58.1 cm³/mol. The summed E-state index contributed by atoms with van der Waals surface area (Å²) < 4.78 is 15.1. The van der Waals surface area contributed by atoms with Crippen LogP contribution in [0.4, 0.5) is 0 Å². The first-order valence-electron chi connectivity index (χ1n) is 5.82. The molecule has 0 aromatic heterocycles. The van der Waals surface area contributed by atoms with E-state index in [1.54, 1.807) is 0 Å². The topological polar surface area (TPSA) is 65.1 Å². The molecule has 2 aliphatic rings. The minimum atomic E-state index is -0.507. The van der Waals surface area contributed by atoms with E-state index in [0.29, 0.717) is 6.10 Å². The number of hydrogen-bond donors (Lipinski definition) is 0. The lowest BCUT2D eigenvalue weighted by Gasteiger charge is -2.17. The van der Waals surface area contributed by atoms with E-state index >= 15 is 0 Å². The van der Waals surface area contributed by atoms with Crippen molar-refractivity contribution in [2.45, 2.75) is 31.5 Å². The van der Waals surface area contributed by atoms with Gasteiger partial charge in [-0.3, -0.25) is 4.79 Å². The summed E-state index contributed by atoms with van der Waals surface area (Å²) in [5, 5.41) is 0. The highest BCUT2D eigenvalue weighted by atomic mass is 16.6. The third-order valence-electron chi connectivity index (χ3n) is 3.08. The summed E-state index contributed by atoms with van der Waals surface area (Å²) >= 11 is 0. The Kier molecular flexibility index (Phi) is 3.78. The largest absolute Gasteiger partial charge is 0.462 e. The number of fused-ring (bicyclic) bond motifs is 1. The summed E-state index contributed by atoms with van der Waals surface area (Å²) in [6.45, 7) is 3.44. The Labute approximate surface area is 99.7 Å². The Morgan fingerprint density at radius 3 is 2.71 bits per heavy atom. The van der Waals surface area contributed by atoms with Gasteiger partial charge in [0.1, 0.15) is 13.2 Å². The van der Waals surface area contributed by atoms with Crippen LogP contribution in [-0.2, 0) is 23.8 Å². The second-order valence-corrected chi connectivity index (χ2v) is 4.26. The van der Waals surface area contributed by atoms with Gasteiger partial charge < -0.3 is 14.2 Å². The number of rotatable bonds is 5. The van der Waals surface area contributed by atoms with Crippen LogP contribution < -0.4 is 0 Å². The van der Waals surface area contributed by atoms with Crippen LogP contribution in [0.3, 0.4) is 0 Å². The quantitative estimate of drug-likeness (QED) is 0.308. The first-order chi connectivity index (χ1) is 8.20. The molecule has 1 heterocycles. The first-order valence-corrected chi connectivity index (χ1v) is 5.82. The van der Waals surface area contributed by atoms with Crippen LogP contribution in [0, 0.1) is 5.92 Å². The Balaban J connectivity index is 1.60. The number of carbonyl (C=O) groups excluding carboxylic acids is 2. The molecule has 2 fully saturated rings. The van der Waals surface area contributed by atoms with Crippen LogP contribution in [0.2, 0.25) is 0 Å². The summed E-state index contributed by atoms with van der Waals surface area (Å²) in [6.07, 6.45) is 4.25. The highest BCUT2D eigenvalue weighted by molar-refractivity contribution is 5.81. The summed E-state index contributed by atoms with van der Waals surface area (Å²) in [4.78, 5) is 22.3. The molecular weight excluding hydrogens is 224 g/mol. The van der Waals surface area contributed by atoms with Gasteiger partial charge in [-0.2, -0.15) is 0 Å². The summed E-state index contributed by atoms with van der Waals surface area (Å²) in [5.41, 5.74) is 0. The van der Waals surface area contributed by atoms with Crippen LogP contribution in [0.15, 0.2) is 12.7 Å². The van der Waals surface area contributed by atoms with E-state index in [4.69, 9.17) is 14.2 Å². The highest BCUT2D eigenvalue weighted by Crippen LogP contribution is 2.39. The van der Waals surface area contributed by atoms with E-state index in [9.17, 15) is 9.59 Å². The van der Waals surface area contributed by atoms with Gasteiger partial charge in [0.05, 0.1) is 18.1 Å². The van der Waals surface area contributed by atoms with Crippen molar-refractivity contribution in [3.05, 3.63) is 12.7 Å². The van der Waals surface area contributed by atoms with E-state index in [-0.39, 0.29) is 31.2 Å². The number of carbonyl (C=O) groups is 2. The lowest BCUT2D eigenvalue weighted by atomic mass is 9.89. The zero-order chi connectivity index (χ0) is 12.3. The van der Waals surface area contributed by atoms with Crippen LogP contribution in [0.25, 0.3) is 0 Å². The van der Waals surface area contributed by atoms with Gasteiger partial charge >= 0.3 is 11.9 Å². The lowest BCUT2D eigenvalue weighted by Crippen LogP contribution is -2.25. The second-order valence-electron chi connectivity index (χ2n) is 4.26. The molecule has 94 valence electrons. The molecule has 3 atom stereocenters. The lowest BCUT2D eigenvalue weighted by molar-refractivity contribution is -0.154. The van der Waals surface area contributed by atoms with Crippen molar-refractivity contribution in [3.63, 3.8) is 0 Å². The molecular formula is C12H16O5. The van der Waals surface area contributed by atoms with Crippen molar-refractivity contribution in [2.75, 3.05) is 13.2 Å². The molecule has 1 saturated carbocycles. The highest BCUT2D eigenvalue weighted by Gasteiger charge is 2.46. The van der Waals surface area contributed by atoms with E-state index in [2.05, 4.69) is 6.58 Å². The molecule has 5 nitrogen and oxygen atoms in total. The Bertz CT molecular complexity index is 325. The third-order valence-corrected chi connectivity index (χ3v) is 3.08. The molecule has 1 saturated heterocycles. The monoisotopic (exact) mass is 240 g/mol. The molecule has 1 aliphatic carbocycles. The average Bonchev–Trinajstić information content (AvgIpc) is 3.11. The van der Waals surface area contributed by atoms with Gasteiger partial charge in [-0.25, -0.2) is 4.79 Å². The Morgan fingerprint density at radius 2 is 2.00 bits per heavy atom. The number of hydrogen-bond acceptors (Lipinski definition) is 5. The van der Waals surface area contributed by atoms with E-state index in [1.165, 1.54) is 0 Å². The molecule has 0 radical (unpaired) electrons. The standard InChI is InChI=1S/C12H16O5/c1-2-11(13)15-5-6-16-12(14)8-3-4-9-10(7-8)17-9/h2,8-10H,1,3-7H2. The maximum atomic E-state index is 11.6. The van der Waals surface area contributed by atoms with Crippen LogP contribution in [0.1, 0.15) is 19.3 Å². The van der Waals surface area contributed by atoms with Gasteiger partial charge in [0.25, 0.3) is 0 Å². The van der Waals surface area contributed by atoms with E-state index < -0.39 is 5.97 Å². The summed E-state index contributed by atoms with van der Waals surface area (Å²) in [6, 6.07) is 0. The minimum absolute atomic E-state index is 0.0612. The molecule has 3 unspecified atom stereocenters. The van der Waals surface area contributed by atoms with Crippen LogP contribution in [0.5, 0.6) is 0 Å². The SMILES string of the molecule is C=CC(=O)OCCOC(=O)C1CCC2OC2C1. The van der Waals surface area contributed by atoms with Gasteiger partial charge in [0.2, 0.25) is 0 Å². The van der Waals surface area contributed by atoms with Crippen molar-refractivity contribution >= 4 is 11.9 Å². The molecule has 17 heavy (non-hydrogen) atoms. The maximum absolute atomic E-state index is 11.6. The fraction of sp³-hybridized carbons (Fsp3) is 0.667. The van der Waals surface area contributed by atoms with Crippen LogP contribution >= 0.6 is 0 Å². The molecule has 0 spiro atoms.